The molecule has 1 aliphatic carbocycles. The van der Waals surface area contributed by atoms with Gasteiger partial charge in [-0.3, -0.25) is 9.67 Å². The van der Waals surface area contributed by atoms with E-state index in [2.05, 4.69) is 31.8 Å². The van der Waals surface area contributed by atoms with E-state index in [1.54, 1.807) is 18.8 Å². The molecule has 2 N–H and O–H groups in total. The molecule has 0 spiro atoms. The Labute approximate surface area is 160 Å². The Hall–Kier alpha value is -2.77. The Balaban J connectivity index is 1.55. The van der Waals surface area contributed by atoms with Gasteiger partial charge in [0.25, 0.3) is 0 Å². The second kappa shape index (κ2) is 9.25. The van der Waals surface area contributed by atoms with Gasteiger partial charge in [0.1, 0.15) is 12.2 Å². The quantitative estimate of drug-likeness (QED) is 0.571. The van der Waals surface area contributed by atoms with Gasteiger partial charge in [-0.05, 0) is 43.4 Å². The number of ether oxygens (including phenoxy) is 2. The third-order valence-electron chi connectivity index (χ3n) is 4.73. The van der Waals surface area contributed by atoms with Crippen LogP contribution in [0.3, 0.4) is 0 Å². The van der Waals surface area contributed by atoms with E-state index in [1.807, 2.05) is 19.2 Å². The van der Waals surface area contributed by atoms with E-state index in [0.29, 0.717) is 25.2 Å². The second-order valence-electron chi connectivity index (χ2n) is 6.59. The van der Waals surface area contributed by atoms with Gasteiger partial charge in [-0.2, -0.15) is 5.10 Å². The topological polar surface area (TPSA) is 85.6 Å². The van der Waals surface area contributed by atoms with E-state index in [0.717, 1.165) is 35.7 Å². The molecule has 0 saturated heterocycles. The van der Waals surface area contributed by atoms with E-state index in [9.17, 15) is 0 Å². The summed E-state index contributed by atoms with van der Waals surface area (Å²) in [6, 6.07) is 6.05. The smallest absolute Gasteiger partial charge is 0.191 e. The standard InChI is InChI=1S/C19H28N6O2/c1-20-19(22-12-18-23-13-24-25(18)2)21-11-14-8-9-16(17(10-14)26-3)27-15-6-4-5-7-15/h8-10,13,15H,4-7,11-12H2,1-3H3,(H2,20,21,22). The summed E-state index contributed by atoms with van der Waals surface area (Å²) in [5, 5.41) is 10.6. The summed E-state index contributed by atoms with van der Waals surface area (Å²) in [7, 11) is 5.28. The lowest BCUT2D eigenvalue weighted by molar-refractivity contribution is 0.200. The van der Waals surface area contributed by atoms with Gasteiger partial charge < -0.3 is 20.1 Å². The Morgan fingerprint density at radius 1 is 1.22 bits per heavy atom. The molecule has 27 heavy (non-hydrogen) atoms. The first-order valence-corrected chi connectivity index (χ1v) is 9.30. The minimum Gasteiger partial charge on any atom is -0.493 e. The first-order chi connectivity index (χ1) is 13.2. The Morgan fingerprint density at radius 2 is 2.00 bits per heavy atom. The molecule has 1 aromatic carbocycles. The van der Waals surface area contributed by atoms with Gasteiger partial charge in [-0.1, -0.05) is 6.07 Å². The van der Waals surface area contributed by atoms with E-state index >= 15 is 0 Å². The maximum Gasteiger partial charge on any atom is 0.191 e. The van der Waals surface area contributed by atoms with E-state index in [1.165, 1.54) is 19.2 Å². The molecule has 8 heteroatoms. The maximum absolute atomic E-state index is 6.09. The van der Waals surface area contributed by atoms with Gasteiger partial charge in [0, 0.05) is 20.6 Å². The summed E-state index contributed by atoms with van der Waals surface area (Å²) in [5.74, 6) is 3.12. The third-order valence-corrected chi connectivity index (χ3v) is 4.73. The zero-order chi connectivity index (χ0) is 19.1. The Kier molecular flexibility index (Phi) is 6.51. The number of methoxy groups -OCH3 is 1. The summed E-state index contributed by atoms with van der Waals surface area (Å²) in [6.45, 7) is 1.17. The van der Waals surface area contributed by atoms with Crippen LogP contribution in [0.1, 0.15) is 37.1 Å². The van der Waals surface area contributed by atoms with Crippen LogP contribution >= 0.6 is 0 Å². The molecule has 1 fully saturated rings. The van der Waals surface area contributed by atoms with Crippen molar-refractivity contribution in [1.29, 1.82) is 0 Å². The minimum atomic E-state index is 0.312. The van der Waals surface area contributed by atoms with Crippen molar-refractivity contribution >= 4 is 5.96 Å². The van der Waals surface area contributed by atoms with Crippen LogP contribution in [0.5, 0.6) is 11.5 Å². The van der Waals surface area contributed by atoms with Crippen molar-refractivity contribution in [2.45, 2.75) is 44.9 Å². The summed E-state index contributed by atoms with van der Waals surface area (Å²) in [6.07, 6.45) is 6.59. The van der Waals surface area contributed by atoms with Gasteiger partial charge in [0.2, 0.25) is 0 Å². The fraction of sp³-hybridized carbons (Fsp3) is 0.526. The van der Waals surface area contributed by atoms with E-state index in [4.69, 9.17) is 9.47 Å². The number of aromatic nitrogens is 3. The van der Waals surface area contributed by atoms with Crippen LogP contribution in [0.4, 0.5) is 0 Å². The lowest BCUT2D eigenvalue weighted by Gasteiger charge is -2.17. The number of nitrogens with one attached hydrogen (secondary N) is 2. The van der Waals surface area contributed by atoms with Crippen LogP contribution in [-0.2, 0) is 20.1 Å². The molecule has 2 aromatic rings. The highest BCUT2D eigenvalue weighted by atomic mass is 16.5. The van der Waals surface area contributed by atoms with Crippen molar-refractivity contribution in [1.82, 2.24) is 25.4 Å². The summed E-state index contributed by atoms with van der Waals surface area (Å²) in [5.41, 5.74) is 1.09. The van der Waals surface area contributed by atoms with Crippen molar-refractivity contribution in [3.8, 4) is 11.5 Å². The normalized spacial score (nSPS) is 15.0. The van der Waals surface area contributed by atoms with Gasteiger partial charge in [0.15, 0.2) is 17.5 Å². The largest absolute Gasteiger partial charge is 0.493 e. The molecule has 8 nitrogen and oxygen atoms in total. The SMILES string of the molecule is CN=C(NCc1ccc(OC2CCCC2)c(OC)c1)NCc1ncnn1C. The molecule has 1 aliphatic rings. The molecular formula is C19H28N6O2. The molecule has 0 bridgehead atoms. The predicted octanol–water partition coefficient (Wildman–Crippen LogP) is 2.01. The first-order valence-electron chi connectivity index (χ1n) is 9.30. The van der Waals surface area contributed by atoms with Gasteiger partial charge in [-0.15, -0.1) is 0 Å². The predicted molar refractivity (Wildman–Crippen MR) is 104 cm³/mol. The average molecular weight is 372 g/mol. The highest BCUT2D eigenvalue weighted by Crippen LogP contribution is 2.32. The molecule has 0 amide bonds. The monoisotopic (exact) mass is 372 g/mol. The first kappa shape index (κ1) is 19.0. The Bertz CT molecular complexity index is 767. The van der Waals surface area contributed by atoms with Gasteiger partial charge in [-0.25, -0.2) is 4.98 Å². The van der Waals surface area contributed by atoms with Crippen LogP contribution < -0.4 is 20.1 Å². The number of benzene rings is 1. The van der Waals surface area contributed by atoms with Crippen LogP contribution in [0.25, 0.3) is 0 Å². The second-order valence-corrected chi connectivity index (χ2v) is 6.59. The summed E-state index contributed by atoms with van der Waals surface area (Å²) < 4.78 is 13.3. The van der Waals surface area contributed by atoms with Crippen LogP contribution in [0, 0.1) is 0 Å². The lowest BCUT2D eigenvalue weighted by atomic mass is 10.2. The molecule has 0 unspecified atom stereocenters. The molecule has 146 valence electrons. The van der Waals surface area contributed by atoms with Crippen molar-refractivity contribution in [3.05, 3.63) is 35.9 Å². The number of nitrogens with zero attached hydrogens (tertiary/aromatic N) is 4. The zero-order valence-electron chi connectivity index (χ0n) is 16.2. The minimum absolute atomic E-state index is 0.312. The van der Waals surface area contributed by atoms with Gasteiger partial charge >= 0.3 is 0 Å². The number of aliphatic imine (C=N–C) groups is 1. The Morgan fingerprint density at radius 3 is 2.67 bits per heavy atom. The molecule has 1 aromatic heterocycles. The number of guanidine groups is 1. The van der Waals surface area contributed by atoms with Crippen molar-refractivity contribution in [2.24, 2.45) is 12.0 Å². The highest BCUT2D eigenvalue weighted by Gasteiger charge is 2.18. The molecule has 1 saturated carbocycles. The van der Waals surface area contributed by atoms with Crippen LogP contribution in [-0.4, -0.2) is 41.0 Å². The van der Waals surface area contributed by atoms with Crippen LogP contribution in [0.2, 0.25) is 0 Å². The molecule has 1 heterocycles. The highest BCUT2D eigenvalue weighted by molar-refractivity contribution is 5.79. The number of hydrogen-bond acceptors (Lipinski definition) is 5. The summed E-state index contributed by atoms with van der Waals surface area (Å²) in [4.78, 5) is 8.43. The number of hydrogen-bond donors (Lipinski definition) is 2. The zero-order valence-corrected chi connectivity index (χ0v) is 16.2. The molecule has 0 atom stereocenters. The van der Waals surface area contributed by atoms with Crippen molar-refractivity contribution in [2.75, 3.05) is 14.2 Å². The molecule has 0 radical (unpaired) electrons. The molecule has 3 rings (SSSR count). The van der Waals surface area contributed by atoms with E-state index in [-0.39, 0.29) is 0 Å². The summed E-state index contributed by atoms with van der Waals surface area (Å²) >= 11 is 0. The van der Waals surface area contributed by atoms with Crippen molar-refractivity contribution in [3.63, 3.8) is 0 Å². The number of rotatable bonds is 7. The number of aryl methyl sites for hydroxylation is 1. The third kappa shape index (κ3) is 5.12. The molecule has 0 aliphatic heterocycles. The van der Waals surface area contributed by atoms with Gasteiger partial charge in [0.05, 0.1) is 19.8 Å². The fourth-order valence-electron chi connectivity index (χ4n) is 3.15. The lowest BCUT2D eigenvalue weighted by Crippen LogP contribution is -2.36. The fourth-order valence-corrected chi connectivity index (χ4v) is 3.15. The van der Waals surface area contributed by atoms with E-state index < -0.39 is 0 Å². The van der Waals surface area contributed by atoms with Crippen molar-refractivity contribution < 1.29 is 9.47 Å². The average Bonchev–Trinajstić information content (AvgIpc) is 3.34. The maximum atomic E-state index is 6.09. The van der Waals surface area contributed by atoms with Crippen LogP contribution in [0.15, 0.2) is 29.5 Å². The molecular weight excluding hydrogens is 344 g/mol.